The van der Waals surface area contributed by atoms with Crippen molar-refractivity contribution in [3.05, 3.63) is 65.7 Å². The molecule has 2 atom stereocenters. The third-order valence-corrected chi connectivity index (χ3v) is 5.12. The fourth-order valence-electron chi connectivity index (χ4n) is 3.67. The van der Waals surface area contributed by atoms with Crippen LogP contribution >= 0.6 is 0 Å². The van der Waals surface area contributed by atoms with Gasteiger partial charge in [0.05, 0.1) is 23.7 Å². The van der Waals surface area contributed by atoms with Crippen molar-refractivity contribution < 1.29 is 14.3 Å². The molecule has 0 aliphatic carbocycles. The number of nitrogen functional groups attached to an aromatic ring is 1. The molecule has 2 heterocycles. The van der Waals surface area contributed by atoms with Gasteiger partial charge in [0.25, 0.3) is 0 Å². The van der Waals surface area contributed by atoms with Gasteiger partial charge in [0, 0.05) is 7.11 Å². The Hall–Kier alpha value is -3.45. The highest BCUT2D eigenvalue weighted by Gasteiger charge is 2.28. The van der Waals surface area contributed by atoms with Crippen molar-refractivity contribution in [2.75, 3.05) is 19.5 Å². The number of methoxy groups -OCH3 is 1. The molecule has 30 heavy (non-hydrogen) atoms. The lowest BCUT2D eigenvalue weighted by Gasteiger charge is -2.17. The van der Waals surface area contributed by atoms with E-state index in [1.54, 1.807) is 14.0 Å². The third kappa shape index (κ3) is 3.48. The van der Waals surface area contributed by atoms with Crippen molar-refractivity contribution in [3.63, 3.8) is 0 Å². The van der Waals surface area contributed by atoms with Crippen LogP contribution in [-0.2, 0) is 9.47 Å². The van der Waals surface area contributed by atoms with Gasteiger partial charge in [-0.2, -0.15) is 0 Å². The molecule has 0 aliphatic rings. The van der Waals surface area contributed by atoms with Crippen LogP contribution in [0.4, 0.5) is 5.82 Å². The summed E-state index contributed by atoms with van der Waals surface area (Å²) in [6.07, 6.45) is -0.416. The number of hydrogen-bond donors (Lipinski definition) is 1. The van der Waals surface area contributed by atoms with E-state index in [4.69, 9.17) is 25.2 Å². The van der Waals surface area contributed by atoms with E-state index >= 15 is 0 Å². The summed E-state index contributed by atoms with van der Waals surface area (Å²) in [7, 11) is 1.56. The van der Waals surface area contributed by atoms with Crippen LogP contribution in [0.15, 0.2) is 54.6 Å². The van der Waals surface area contributed by atoms with Crippen LogP contribution in [0.3, 0.4) is 0 Å². The first-order chi connectivity index (χ1) is 14.5. The number of aromatic nitrogens is 3. The Labute approximate surface area is 174 Å². The summed E-state index contributed by atoms with van der Waals surface area (Å²) < 4.78 is 12.5. The van der Waals surface area contributed by atoms with E-state index in [0.717, 1.165) is 11.1 Å². The number of esters is 1. The number of carbonyl (C=O) groups excluding carboxylic acids is 1. The highest BCUT2D eigenvalue weighted by atomic mass is 16.6. The van der Waals surface area contributed by atoms with Crippen LogP contribution in [0.5, 0.6) is 0 Å². The molecule has 2 N–H and O–H groups in total. The highest BCUT2D eigenvalue weighted by molar-refractivity contribution is 6.08. The zero-order valence-corrected chi connectivity index (χ0v) is 17.2. The first-order valence-electron chi connectivity index (χ1n) is 9.82. The first-order valence-corrected chi connectivity index (χ1v) is 9.82. The Balaban J connectivity index is 1.93. The molecule has 4 aromatic rings. The number of nitrogens with zero attached hydrogens (tertiary/aromatic N) is 3. The molecule has 2 aromatic carbocycles. The summed E-state index contributed by atoms with van der Waals surface area (Å²) in [6.45, 7) is 4.08. The van der Waals surface area contributed by atoms with Gasteiger partial charge in [0.15, 0.2) is 5.65 Å². The molecule has 0 aliphatic heterocycles. The van der Waals surface area contributed by atoms with Gasteiger partial charge in [-0.05, 0) is 31.5 Å². The number of nitrogens with two attached hydrogens (primary N) is 1. The number of para-hydroxylation sites is 2. The maximum absolute atomic E-state index is 13.0. The predicted octanol–water partition coefficient (Wildman–Crippen LogP) is 3.97. The minimum absolute atomic E-state index is 0.151. The smallest absolute Gasteiger partial charge is 0.344 e. The lowest BCUT2D eigenvalue weighted by atomic mass is 10.1. The van der Waals surface area contributed by atoms with Crippen molar-refractivity contribution in [1.29, 1.82) is 0 Å². The van der Waals surface area contributed by atoms with Gasteiger partial charge in [0.2, 0.25) is 0 Å². The van der Waals surface area contributed by atoms with Crippen molar-refractivity contribution in [2.24, 2.45) is 0 Å². The van der Waals surface area contributed by atoms with Crippen molar-refractivity contribution in [1.82, 2.24) is 14.5 Å². The molecule has 0 amide bonds. The Bertz CT molecular complexity index is 1200. The molecule has 2 aromatic heterocycles. The topological polar surface area (TPSA) is 92.3 Å². The lowest BCUT2D eigenvalue weighted by Crippen LogP contribution is -2.20. The number of anilines is 1. The Morgan fingerprint density at radius 2 is 1.67 bits per heavy atom. The van der Waals surface area contributed by atoms with Crippen LogP contribution in [0, 0.1) is 0 Å². The zero-order valence-electron chi connectivity index (χ0n) is 17.2. The second kappa shape index (κ2) is 8.12. The van der Waals surface area contributed by atoms with E-state index < -0.39 is 12.1 Å². The molecule has 154 valence electrons. The fourth-order valence-corrected chi connectivity index (χ4v) is 3.67. The average Bonchev–Trinajstić information content (AvgIpc) is 3.03. The number of hydrogen-bond acceptors (Lipinski definition) is 6. The van der Waals surface area contributed by atoms with Crippen LogP contribution in [0.25, 0.3) is 22.2 Å². The molecule has 0 saturated heterocycles. The van der Waals surface area contributed by atoms with Crippen LogP contribution in [0.1, 0.15) is 35.8 Å². The summed E-state index contributed by atoms with van der Waals surface area (Å²) in [5.74, 6) is -0.253. The zero-order chi connectivity index (χ0) is 21.3. The number of carbonyl (C=O) groups is 1. The van der Waals surface area contributed by atoms with Crippen molar-refractivity contribution in [2.45, 2.75) is 26.0 Å². The Morgan fingerprint density at radius 3 is 2.33 bits per heavy atom. The fraction of sp³-hybridized carbons (Fsp3) is 0.261. The SMILES string of the molecule is COCC(C)OC(=O)c1c(N)n(C(C)c2ccccc2)c2nc3ccccc3nc12. The molecular formula is C23H24N4O3. The van der Waals surface area contributed by atoms with Crippen molar-refractivity contribution in [3.8, 4) is 0 Å². The second-order valence-electron chi connectivity index (χ2n) is 7.27. The molecule has 4 rings (SSSR count). The minimum Gasteiger partial charge on any atom is -0.456 e. The summed E-state index contributed by atoms with van der Waals surface area (Å²) in [5, 5.41) is 0. The molecule has 7 heteroatoms. The minimum atomic E-state index is -0.536. The normalized spacial score (nSPS) is 13.4. The average molecular weight is 404 g/mol. The quantitative estimate of drug-likeness (QED) is 0.489. The van der Waals surface area contributed by atoms with Crippen molar-refractivity contribution >= 4 is 34.0 Å². The maximum Gasteiger partial charge on any atom is 0.344 e. The van der Waals surface area contributed by atoms with E-state index in [9.17, 15) is 4.79 Å². The number of ether oxygens (including phenoxy) is 2. The van der Waals surface area contributed by atoms with Gasteiger partial charge < -0.3 is 19.8 Å². The monoisotopic (exact) mass is 404 g/mol. The van der Waals surface area contributed by atoms with Gasteiger partial charge in [-0.3, -0.25) is 0 Å². The predicted molar refractivity (Wildman–Crippen MR) is 116 cm³/mol. The number of benzene rings is 2. The van der Waals surface area contributed by atoms with Gasteiger partial charge in [-0.1, -0.05) is 42.5 Å². The third-order valence-electron chi connectivity index (χ3n) is 5.12. The van der Waals surface area contributed by atoms with E-state index in [0.29, 0.717) is 23.3 Å². The number of fused-ring (bicyclic) bond motifs is 2. The van der Waals surface area contributed by atoms with E-state index in [1.807, 2.05) is 66.1 Å². The molecule has 0 bridgehead atoms. The summed E-state index contributed by atoms with van der Waals surface area (Å²) in [5.41, 5.74) is 10.2. The first kappa shape index (κ1) is 19.8. The number of rotatable bonds is 6. The van der Waals surface area contributed by atoms with Gasteiger partial charge in [-0.15, -0.1) is 0 Å². The Morgan fingerprint density at radius 1 is 1.03 bits per heavy atom. The highest BCUT2D eigenvalue weighted by Crippen LogP contribution is 2.33. The molecule has 0 saturated carbocycles. The summed E-state index contributed by atoms with van der Waals surface area (Å²) in [6, 6.07) is 17.3. The largest absolute Gasteiger partial charge is 0.456 e. The second-order valence-corrected chi connectivity index (χ2v) is 7.27. The van der Waals surface area contributed by atoms with Gasteiger partial charge in [0.1, 0.15) is 23.0 Å². The maximum atomic E-state index is 13.0. The van der Waals surface area contributed by atoms with Crippen LogP contribution in [0.2, 0.25) is 0 Å². The molecular weight excluding hydrogens is 380 g/mol. The molecule has 0 spiro atoms. The van der Waals surface area contributed by atoms with E-state index in [-0.39, 0.29) is 17.4 Å². The standard InChI is InChI=1S/C23H24N4O3/c1-14(13-29-3)30-23(28)19-20-22(26-18-12-8-7-11-17(18)25-20)27(21(19)24)15(2)16-9-5-4-6-10-16/h4-12,14-15H,13,24H2,1-3H3. The molecule has 2 unspecified atom stereocenters. The summed E-state index contributed by atoms with van der Waals surface area (Å²) >= 11 is 0. The lowest BCUT2D eigenvalue weighted by molar-refractivity contribution is 0.0123. The van der Waals surface area contributed by atoms with Gasteiger partial charge >= 0.3 is 5.97 Å². The Kier molecular flexibility index (Phi) is 5.37. The summed E-state index contributed by atoms with van der Waals surface area (Å²) in [4.78, 5) is 22.5. The molecule has 7 nitrogen and oxygen atoms in total. The molecule has 0 radical (unpaired) electrons. The van der Waals surface area contributed by atoms with Gasteiger partial charge in [-0.25, -0.2) is 14.8 Å². The van der Waals surface area contributed by atoms with Crippen LogP contribution < -0.4 is 5.73 Å². The van der Waals surface area contributed by atoms with Crippen LogP contribution in [-0.4, -0.2) is 40.3 Å². The van der Waals surface area contributed by atoms with E-state index in [1.165, 1.54) is 0 Å². The van der Waals surface area contributed by atoms with E-state index in [2.05, 4.69) is 0 Å². The molecule has 0 fully saturated rings.